The van der Waals surface area contributed by atoms with E-state index in [1.807, 2.05) is 13.8 Å². The average Bonchev–Trinajstić information content (AvgIpc) is 1.82. The maximum absolute atomic E-state index is 12.6. The van der Waals surface area contributed by atoms with Gasteiger partial charge >= 0.3 is 0 Å². The Morgan fingerprint density at radius 3 is 2.70 bits per heavy atom. The summed E-state index contributed by atoms with van der Waals surface area (Å²) in [7, 11) is 0. The maximum Gasteiger partial charge on any atom is 0.142 e. The molecule has 0 nitrogen and oxygen atoms in total. The largest absolute Gasteiger partial charge is 0.203 e. The van der Waals surface area contributed by atoms with E-state index in [9.17, 15) is 4.39 Å². The van der Waals surface area contributed by atoms with E-state index in [-0.39, 0.29) is 5.83 Å². The molecule has 0 aliphatic rings. The van der Waals surface area contributed by atoms with Gasteiger partial charge in [-0.25, -0.2) is 4.39 Å². The van der Waals surface area contributed by atoms with Gasteiger partial charge in [0.25, 0.3) is 0 Å². The molecule has 0 heterocycles. The molecule has 0 atom stereocenters. The molecule has 0 fully saturated rings. The van der Waals surface area contributed by atoms with Gasteiger partial charge in [0, 0.05) is 6.42 Å². The van der Waals surface area contributed by atoms with Crippen molar-refractivity contribution in [3.63, 3.8) is 0 Å². The van der Waals surface area contributed by atoms with Crippen LogP contribution in [0.5, 0.6) is 0 Å². The van der Waals surface area contributed by atoms with Crippen molar-refractivity contribution in [2.24, 2.45) is 5.92 Å². The monoisotopic (exact) mass is 141 g/mol. The summed E-state index contributed by atoms with van der Waals surface area (Å²) in [5.41, 5.74) is 2.53. The second-order valence-electron chi connectivity index (χ2n) is 2.64. The lowest BCUT2D eigenvalue weighted by atomic mass is 10.1. The lowest BCUT2D eigenvalue weighted by molar-refractivity contribution is 0.518. The Kier molecular flexibility index (Phi) is 4.96. The molecule has 0 aliphatic carbocycles. The van der Waals surface area contributed by atoms with Crippen LogP contribution >= 0.6 is 0 Å². The highest BCUT2D eigenvalue weighted by Crippen LogP contribution is 2.09. The molecular weight excluding hydrogens is 127 g/mol. The van der Waals surface area contributed by atoms with Crippen LogP contribution in [-0.4, -0.2) is 0 Å². The predicted octanol–water partition coefficient (Wildman–Crippen LogP) is 3.27. The van der Waals surface area contributed by atoms with Gasteiger partial charge in [-0.2, -0.15) is 0 Å². The highest BCUT2D eigenvalue weighted by Gasteiger charge is 1.96. The third-order valence-electron chi connectivity index (χ3n) is 0.990. The fraction of sp³-hybridized carbons (Fsp3) is 0.556. The second-order valence-corrected chi connectivity index (χ2v) is 2.64. The summed E-state index contributed by atoms with van der Waals surface area (Å²) in [6.07, 6.45) is 2.69. The van der Waals surface area contributed by atoms with Gasteiger partial charge in [-0.15, -0.1) is 0 Å². The third kappa shape index (κ3) is 5.58. The highest BCUT2D eigenvalue weighted by atomic mass is 19.1. The Hall–Kier alpha value is -0.550. The first kappa shape index (κ1) is 9.45. The number of halogens is 1. The smallest absolute Gasteiger partial charge is 0.142 e. The Morgan fingerprint density at radius 1 is 1.70 bits per heavy atom. The molecule has 0 saturated heterocycles. The van der Waals surface area contributed by atoms with Gasteiger partial charge in [0.1, 0.15) is 5.83 Å². The van der Waals surface area contributed by atoms with Gasteiger partial charge < -0.3 is 0 Å². The highest BCUT2D eigenvalue weighted by molar-refractivity contribution is 4.93. The normalized spacial score (nSPS) is 9.30. The quantitative estimate of drug-likeness (QED) is 0.529. The van der Waals surface area contributed by atoms with Crippen molar-refractivity contribution in [2.45, 2.75) is 26.7 Å². The van der Waals surface area contributed by atoms with E-state index in [2.05, 4.69) is 12.7 Å². The molecule has 0 unspecified atom stereocenters. The van der Waals surface area contributed by atoms with Crippen LogP contribution in [0, 0.1) is 12.8 Å². The van der Waals surface area contributed by atoms with Crippen molar-refractivity contribution in [3.05, 3.63) is 24.6 Å². The Morgan fingerprint density at radius 2 is 2.30 bits per heavy atom. The Bertz CT molecular complexity index is 139. The fourth-order valence-corrected chi connectivity index (χ4v) is 0.600. The predicted molar refractivity (Wildman–Crippen MR) is 42.1 cm³/mol. The zero-order chi connectivity index (χ0) is 7.98. The summed E-state index contributed by atoms with van der Waals surface area (Å²) in [5, 5.41) is 0. The molecule has 0 bridgehead atoms. The molecule has 0 aromatic carbocycles. The molecule has 0 amide bonds. The van der Waals surface area contributed by atoms with E-state index < -0.39 is 0 Å². The number of hydrogen-bond donors (Lipinski definition) is 0. The molecule has 0 N–H and O–H groups in total. The van der Waals surface area contributed by atoms with E-state index in [0.29, 0.717) is 18.8 Å². The Balaban J connectivity index is 3.82. The molecule has 57 valence electrons. The van der Waals surface area contributed by atoms with Crippen molar-refractivity contribution in [1.82, 2.24) is 0 Å². The molecule has 0 saturated carbocycles. The minimum atomic E-state index is -0.168. The fourth-order valence-electron chi connectivity index (χ4n) is 0.600. The van der Waals surface area contributed by atoms with Crippen molar-refractivity contribution in [1.29, 1.82) is 0 Å². The Labute approximate surface area is 62.4 Å². The zero-order valence-corrected chi connectivity index (χ0v) is 6.65. The van der Waals surface area contributed by atoms with E-state index in [0.717, 1.165) is 0 Å². The number of rotatable bonds is 3. The summed E-state index contributed by atoms with van der Waals surface area (Å²) in [6, 6.07) is 0. The van der Waals surface area contributed by atoms with Crippen molar-refractivity contribution in [3.8, 4) is 0 Å². The zero-order valence-electron chi connectivity index (χ0n) is 6.65. The van der Waals surface area contributed by atoms with Crippen LogP contribution in [0.25, 0.3) is 0 Å². The first-order chi connectivity index (χ1) is 4.66. The van der Waals surface area contributed by atoms with Gasteiger partial charge in [0.2, 0.25) is 0 Å². The molecule has 0 spiro atoms. The first-order valence-corrected chi connectivity index (χ1v) is 3.55. The van der Waals surface area contributed by atoms with Gasteiger partial charge in [0.15, 0.2) is 0 Å². The van der Waals surface area contributed by atoms with Crippen LogP contribution in [0.4, 0.5) is 4.39 Å². The summed E-state index contributed by atoms with van der Waals surface area (Å²) in [6.45, 7) is 7.49. The van der Waals surface area contributed by atoms with Crippen molar-refractivity contribution >= 4 is 0 Å². The van der Waals surface area contributed by atoms with Crippen molar-refractivity contribution in [2.75, 3.05) is 0 Å². The third-order valence-corrected chi connectivity index (χ3v) is 0.990. The minimum Gasteiger partial charge on any atom is -0.203 e. The summed E-state index contributed by atoms with van der Waals surface area (Å²) in [4.78, 5) is 0. The van der Waals surface area contributed by atoms with E-state index in [4.69, 9.17) is 0 Å². The van der Waals surface area contributed by atoms with Crippen LogP contribution in [0.1, 0.15) is 26.7 Å². The molecular formula is C9H14F. The van der Waals surface area contributed by atoms with E-state index >= 15 is 0 Å². The van der Waals surface area contributed by atoms with Crippen LogP contribution < -0.4 is 0 Å². The lowest BCUT2D eigenvalue weighted by Gasteiger charge is -1.97. The first-order valence-electron chi connectivity index (χ1n) is 3.55. The van der Waals surface area contributed by atoms with Crippen LogP contribution in [0.3, 0.4) is 0 Å². The van der Waals surface area contributed by atoms with Gasteiger partial charge in [-0.05, 0) is 25.3 Å². The van der Waals surface area contributed by atoms with Crippen LogP contribution in [0.15, 0.2) is 17.6 Å². The molecule has 0 rings (SSSR count). The van der Waals surface area contributed by atoms with Crippen LogP contribution in [-0.2, 0) is 0 Å². The van der Waals surface area contributed by atoms with E-state index in [1.54, 1.807) is 6.08 Å². The molecule has 0 aromatic rings. The minimum absolute atomic E-state index is 0.168. The molecule has 0 aromatic heterocycles. The lowest BCUT2D eigenvalue weighted by Crippen LogP contribution is -1.84. The van der Waals surface area contributed by atoms with Gasteiger partial charge in [-0.1, -0.05) is 19.6 Å². The maximum atomic E-state index is 12.6. The van der Waals surface area contributed by atoms with E-state index in [1.165, 1.54) is 0 Å². The SMILES string of the molecule is [CH2]CC=C=C(F)CC(C)C. The van der Waals surface area contributed by atoms with Crippen LogP contribution in [0.2, 0.25) is 0 Å². The number of hydrogen-bond acceptors (Lipinski definition) is 0. The van der Waals surface area contributed by atoms with Gasteiger partial charge in [0.05, 0.1) is 0 Å². The summed E-state index contributed by atoms with van der Waals surface area (Å²) in [5.74, 6) is 0.198. The number of allylic oxidation sites excluding steroid dienone is 1. The molecule has 1 radical (unpaired) electrons. The summed E-state index contributed by atoms with van der Waals surface area (Å²) < 4.78 is 12.6. The second kappa shape index (κ2) is 5.25. The standard InChI is InChI=1S/C9H14F/c1-4-5-6-9(10)7-8(2)3/h5,8H,1,4,7H2,2-3H3. The topological polar surface area (TPSA) is 0 Å². The summed E-state index contributed by atoms with van der Waals surface area (Å²) >= 11 is 0. The average molecular weight is 141 g/mol. The molecule has 1 heteroatoms. The van der Waals surface area contributed by atoms with Gasteiger partial charge in [-0.3, -0.25) is 0 Å². The van der Waals surface area contributed by atoms with Crippen molar-refractivity contribution < 1.29 is 4.39 Å². The molecule has 10 heavy (non-hydrogen) atoms. The molecule has 0 aliphatic heterocycles.